The molecule has 0 bridgehead atoms. The number of hydrogen-bond acceptors (Lipinski definition) is 9. The Morgan fingerprint density at radius 3 is 2.53 bits per heavy atom. The van der Waals surface area contributed by atoms with E-state index in [0.29, 0.717) is 21.8 Å². The lowest BCUT2D eigenvalue weighted by molar-refractivity contribution is 0.397. The standard InChI is InChI=1S/C22H20Cl2N8O2/c1-14-17(21(29-34-14)15-2-3-19(23)26-9-15)12-32-20(33)8-16(10-28-32)30-4-6-31(7-5-30)18-11-25-13-27-22(18)24/h2-3,8-11,13H,4-7,12H2,1H3. The highest BCUT2D eigenvalue weighted by Crippen LogP contribution is 2.26. The van der Waals surface area contributed by atoms with Crippen molar-refractivity contribution in [2.24, 2.45) is 0 Å². The highest BCUT2D eigenvalue weighted by molar-refractivity contribution is 6.32. The molecule has 0 unspecified atom stereocenters. The Balaban J connectivity index is 1.31. The van der Waals surface area contributed by atoms with Crippen LogP contribution in [0.4, 0.5) is 11.4 Å². The SMILES string of the molecule is Cc1onc(-c2ccc(Cl)nc2)c1Cn1ncc(N2CCN(c3cncnc3Cl)CC2)cc1=O. The van der Waals surface area contributed by atoms with Gasteiger partial charge in [0.1, 0.15) is 22.9 Å². The van der Waals surface area contributed by atoms with E-state index in [9.17, 15) is 4.79 Å². The molecule has 5 heterocycles. The van der Waals surface area contributed by atoms with Gasteiger partial charge in [-0.15, -0.1) is 0 Å². The number of hydrogen-bond donors (Lipinski definition) is 0. The summed E-state index contributed by atoms with van der Waals surface area (Å²) in [6.07, 6.45) is 6.48. The Bertz CT molecular complexity index is 1360. The molecule has 1 aliphatic heterocycles. The van der Waals surface area contributed by atoms with Crippen molar-refractivity contribution < 1.29 is 4.52 Å². The van der Waals surface area contributed by atoms with Gasteiger partial charge >= 0.3 is 0 Å². The molecule has 34 heavy (non-hydrogen) atoms. The minimum atomic E-state index is -0.208. The van der Waals surface area contributed by atoms with Crippen LogP contribution in [0.5, 0.6) is 0 Å². The van der Waals surface area contributed by atoms with Crippen molar-refractivity contribution in [1.29, 1.82) is 0 Å². The largest absolute Gasteiger partial charge is 0.367 e. The van der Waals surface area contributed by atoms with Crippen LogP contribution in [0.15, 0.2) is 52.4 Å². The zero-order valence-electron chi connectivity index (χ0n) is 18.2. The number of pyridine rings is 1. The molecule has 0 saturated carbocycles. The second-order valence-corrected chi connectivity index (χ2v) is 8.56. The van der Waals surface area contributed by atoms with Gasteiger partial charge in [-0.1, -0.05) is 28.4 Å². The van der Waals surface area contributed by atoms with E-state index in [-0.39, 0.29) is 12.1 Å². The zero-order valence-corrected chi connectivity index (χ0v) is 19.7. The smallest absolute Gasteiger partial charge is 0.269 e. The van der Waals surface area contributed by atoms with Crippen molar-refractivity contribution in [3.63, 3.8) is 0 Å². The van der Waals surface area contributed by atoms with Crippen LogP contribution in [0.25, 0.3) is 11.3 Å². The fourth-order valence-electron chi connectivity index (χ4n) is 3.91. The third-order valence-corrected chi connectivity index (χ3v) is 6.29. The van der Waals surface area contributed by atoms with Gasteiger partial charge in [-0.05, 0) is 19.1 Å². The number of anilines is 2. The first kappa shape index (κ1) is 22.3. The van der Waals surface area contributed by atoms with Crippen molar-refractivity contribution >= 4 is 34.6 Å². The normalized spacial score (nSPS) is 14.0. The highest BCUT2D eigenvalue weighted by atomic mass is 35.5. The Hall–Kier alpha value is -3.50. The first-order valence-corrected chi connectivity index (χ1v) is 11.3. The average molecular weight is 499 g/mol. The molecule has 0 aromatic carbocycles. The molecule has 10 nitrogen and oxygen atoms in total. The minimum Gasteiger partial charge on any atom is -0.367 e. The Morgan fingerprint density at radius 2 is 1.82 bits per heavy atom. The van der Waals surface area contributed by atoms with Crippen LogP contribution >= 0.6 is 23.2 Å². The van der Waals surface area contributed by atoms with E-state index < -0.39 is 0 Å². The zero-order chi connectivity index (χ0) is 23.7. The molecule has 174 valence electrons. The van der Waals surface area contributed by atoms with E-state index in [2.05, 4.69) is 35.0 Å². The second-order valence-electron chi connectivity index (χ2n) is 7.82. The molecule has 0 radical (unpaired) electrons. The average Bonchev–Trinajstić information content (AvgIpc) is 3.21. The predicted molar refractivity (Wildman–Crippen MR) is 129 cm³/mol. The van der Waals surface area contributed by atoms with E-state index in [1.54, 1.807) is 37.6 Å². The summed E-state index contributed by atoms with van der Waals surface area (Å²) in [5.74, 6) is 0.613. The van der Waals surface area contributed by atoms with Crippen LogP contribution in [0.1, 0.15) is 11.3 Å². The molecule has 12 heteroatoms. The first-order chi connectivity index (χ1) is 16.5. The molecule has 1 fully saturated rings. The molecular formula is C22H20Cl2N8O2. The third-order valence-electron chi connectivity index (χ3n) is 5.78. The number of halogens is 2. The molecule has 0 amide bonds. The van der Waals surface area contributed by atoms with Gasteiger partial charge in [-0.2, -0.15) is 5.10 Å². The molecule has 0 N–H and O–H groups in total. The monoisotopic (exact) mass is 498 g/mol. The quantitative estimate of drug-likeness (QED) is 0.303. The molecule has 1 aliphatic rings. The Morgan fingerprint density at radius 1 is 1.03 bits per heavy atom. The Labute approximate surface area is 204 Å². The second kappa shape index (κ2) is 9.40. The number of piperazine rings is 1. The van der Waals surface area contributed by atoms with Gasteiger partial charge in [0.15, 0.2) is 5.15 Å². The fraction of sp³-hybridized carbons (Fsp3) is 0.273. The number of aryl methyl sites for hydroxylation is 1. The van der Waals surface area contributed by atoms with Crippen LogP contribution in [0.2, 0.25) is 10.3 Å². The van der Waals surface area contributed by atoms with Gasteiger partial charge in [0.25, 0.3) is 5.56 Å². The molecule has 4 aromatic rings. The van der Waals surface area contributed by atoms with Crippen molar-refractivity contribution in [1.82, 2.24) is 29.9 Å². The lowest BCUT2D eigenvalue weighted by Gasteiger charge is -2.37. The van der Waals surface area contributed by atoms with Crippen molar-refractivity contribution in [3.8, 4) is 11.3 Å². The summed E-state index contributed by atoms with van der Waals surface area (Å²) in [7, 11) is 0. The van der Waals surface area contributed by atoms with E-state index in [1.807, 2.05) is 6.07 Å². The molecule has 4 aromatic heterocycles. The third kappa shape index (κ3) is 4.46. The van der Waals surface area contributed by atoms with Crippen molar-refractivity contribution in [2.75, 3.05) is 36.0 Å². The first-order valence-electron chi connectivity index (χ1n) is 10.6. The van der Waals surface area contributed by atoms with Crippen molar-refractivity contribution in [3.05, 3.63) is 75.1 Å². The van der Waals surface area contributed by atoms with Gasteiger partial charge in [-0.3, -0.25) is 4.79 Å². The highest BCUT2D eigenvalue weighted by Gasteiger charge is 2.21. The molecular weight excluding hydrogens is 479 g/mol. The van der Waals surface area contributed by atoms with Gasteiger partial charge in [0.05, 0.1) is 30.3 Å². The predicted octanol–water partition coefficient (Wildman–Crippen LogP) is 3.07. The summed E-state index contributed by atoms with van der Waals surface area (Å²) in [6, 6.07) is 5.10. The summed E-state index contributed by atoms with van der Waals surface area (Å²) in [4.78, 5) is 29.4. The van der Waals surface area contributed by atoms with E-state index in [0.717, 1.165) is 48.7 Å². The number of aromatic nitrogens is 6. The van der Waals surface area contributed by atoms with Crippen LogP contribution in [0, 0.1) is 6.92 Å². The lowest BCUT2D eigenvalue weighted by Crippen LogP contribution is -2.47. The van der Waals surface area contributed by atoms with Crippen LogP contribution in [-0.4, -0.2) is 56.1 Å². The van der Waals surface area contributed by atoms with Gasteiger partial charge < -0.3 is 14.3 Å². The summed E-state index contributed by atoms with van der Waals surface area (Å²) in [5.41, 5.74) is 3.51. The van der Waals surface area contributed by atoms with E-state index in [4.69, 9.17) is 27.7 Å². The fourth-order valence-corrected chi connectivity index (χ4v) is 4.23. The van der Waals surface area contributed by atoms with Crippen LogP contribution in [0.3, 0.4) is 0 Å². The molecule has 0 aliphatic carbocycles. The van der Waals surface area contributed by atoms with E-state index in [1.165, 1.54) is 11.0 Å². The minimum absolute atomic E-state index is 0.208. The van der Waals surface area contributed by atoms with Gasteiger partial charge in [-0.25, -0.2) is 19.6 Å². The van der Waals surface area contributed by atoms with Gasteiger partial charge in [0.2, 0.25) is 0 Å². The molecule has 1 saturated heterocycles. The number of rotatable bonds is 5. The summed E-state index contributed by atoms with van der Waals surface area (Å²) >= 11 is 12.1. The number of nitrogens with zero attached hydrogens (tertiary/aromatic N) is 8. The van der Waals surface area contributed by atoms with Gasteiger partial charge in [0, 0.05) is 49.6 Å². The Kier molecular flexibility index (Phi) is 6.16. The van der Waals surface area contributed by atoms with Crippen molar-refractivity contribution in [2.45, 2.75) is 13.5 Å². The lowest BCUT2D eigenvalue weighted by atomic mass is 10.1. The summed E-state index contributed by atoms with van der Waals surface area (Å²) < 4.78 is 6.78. The van der Waals surface area contributed by atoms with E-state index >= 15 is 0 Å². The summed E-state index contributed by atoms with van der Waals surface area (Å²) in [5, 5.41) is 9.37. The van der Waals surface area contributed by atoms with Crippen LogP contribution in [-0.2, 0) is 6.54 Å². The molecule has 0 spiro atoms. The summed E-state index contributed by atoms with van der Waals surface area (Å²) in [6.45, 7) is 4.93. The molecule has 0 atom stereocenters. The maximum atomic E-state index is 12.9. The van der Waals surface area contributed by atoms with Crippen LogP contribution < -0.4 is 15.4 Å². The maximum Gasteiger partial charge on any atom is 0.269 e. The molecule has 5 rings (SSSR count). The topological polar surface area (TPSA) is 106 Å². The maximum absolute atomic E-state index is 12.9.